The Balaban J connectivity index is 1.20. The van der Waals surface area contributed by atoms with Crippen LogP contribution in [0, 0.1) is 0 Å². The summed E-state index contributed by atoms with van der Waals surface area (Å²) in [6.07, 6.45) is 8.09. The summed E-state index contributed by atoms with van der Waals surface area (Å²) < 4.78 is 11.1. The topological polar surface area (TPSA) is 97.6 Å². The minimum absolute atomic E-state index is 0.264. The van der Waals surface area contributed by atoms with Crippen molar-refractivity contribution in [1.29, 1.82) is 0 Å². The lowest BCUT2D eigenvalue weighted by Gasteiger charge is -2.42. The third-order valence-electron chi connectivity index (χ3n) is 7.93. The number of nitrogens with one attached hydrogen (secondary N) is 2. The summed E-state index contributed by atoms with van der Waals surface area (Å²) in [4.78, 5) is 12.0. The van der Waals surface area contributed by atoms with E-state index in [-0.39, 0.29) is 5.54 Å². The molecule has 196 valence electrons. The van der Waals surface area contributed by atoms with E-state index in [1.807, 2.05) is 24.3 Å². The second kappa shape index (κ2) is 11.6. The van der Waals surface area contributed by atoms with E-state index in [0.29, 0.717) is 42.9 Å². The first-order valence-electron chi connectivity index (χ1n) is 13.3. The number of hydrogen-bond donors (Lipinski definition) is 3. The van der Waals surface area contributed by atoms with Crippen LogP contribution in [0.15, 0.2) is 30.5 Å². The minimum Gasteiger partial charge on any atom is -0.381 e. The third kappa shape index (κ3) is 6.29. The Morgan fingerprint density at radius 2 is 1.92 bits per heavy atom. The fourth-order valence-corrected chi connectivity index (χ4v) is 5.86. The van der Waals surface area contributed by atoms with E-state index in [9.17, 15) is 0 Å². The number of ether oxygens (including phenoxy) is 2. The molecule has 0 spiro atoms. The number of rotatable bonds is 7. The molecule has 4 heterocycles. The summed E-state index contributed by atoms with van der Waals surface area (Å²) in [6.45, 7) is 7.11. The molecule has 36 heavy (non-hydrogen) atoms. The summed E-state index contributed by atoms with van der Waals surface area (Å²) in [7, 11) is 0. The largest absolute Gasteiger partial charge is 0.381 e. The molecule has 0 bridgehead atoms. The predicted octanol–water partition coefficient (Wildman–Crippen LogP) is 4.16. The van der Waals surface area contributed by atoms with Crippen molar-refractivity contribution in [1.82, 2.24) is 14.9 Å². The van der Waals surface area contributed by atoms with Gasteiger partial charge in [-0.25, -0.2) is 9.97 Å². The van der Waals surface area contributed by atoms with Crippen LogP contribution in [-0.2, 0) is 9.47 Å². The smallest absolute Gasteiger partial charge is 0.126 e. The van der Waals surface area contributed by atoms with Gasteiger partial charge in [0, 0.05) is 61.7 Å². The molecule has 2 aliphatic heterocycles. The van der Waals surface area contributed by atoms with E-state index in [1.54, 1.807) is 6.20 Å². The van der Waals surface area contributed by atoms with E-state index in [2.05, 4.69) is 27.4 Å². The fourth-order valence-electron chi connectivity index (χ4n) is 5.66. The van der Waals surface area contributed by atoms with Gasteiger partial charge in [-0.3, -0.25) is 4.90 Å². The molecule has 0 amide bonds. The first-order chi connectivity index (χ1) is 17.5. The molecule has 5 rings (SSSR count). The van der Waals surface area contributed by atoms with Gasteiger partial charge in [-0.2, -0.15) is 0 Å². The fraction of sp³-hybridized carbons (Fsp3) is 0.630. The van der Waals surface area contributed by atoms with Gasteiger partial charge in [-0.15, -0.1) is 0 Å². The van der Waals surface area contributed by atoms with Gasteiger partial charge in [0.1, 0.15) is 11.6 Å². The highest BCUT2D eigenvalue weighted by atomic mass is 35.5. The Morgan fingerprint density at radius 3 is 2.69 bits per heavy atom. The van der Waals surface area contributed by atoms with Gasteiger partial charge >= 0.3 is 0 Å². The molecule has 8 nitrogen and oxygen atoms in total. The molecule has 9 heteroatoms. The summed E-state index contributed by atoms with van der Waals surface area (Å²) in [5.74, 6) is 1.64. The number of anilines is 2. The van der Waals surface area contributed by atoms with Gasteiger partial charge in [0.15, 0.2) is 0 Å². The standard InChI is InChI=1S/C27H39ClN6O2/c1-19-17-36-14-11-34(19)21-7-5-20(6-8-21)32-26-15-22(23(28)16-30-26)24-3-2-4-25(33-24)31-18-27(29)9-12-35-13-10-27/h2-4,15-16,19-21H,5-14,17-18,29H2,1H3,(H,30,32)(H,31,33)/t19-,20-,21-/m1/s1. The van der Waals surface area contributed by atoms with E-state index >= 15 is 0 Å². The normalized spacial score (nSPS) is 26.9. The maximum Gasteiger partial charge on any atom is 0.126 e. The summed E-state index contributed by atoms with van der Waals surface area (Å²) in [5.41, 5.74) is 7.96. The molecule has 4 N–H and O–H groups in total. The molecule has 0 unspecified atom stereocenters. The van der Waals surface area contributed by atoms with Crippen molar-refractivity contribution in [2.75, 3.05) is 50.2 Å². The average Bonchev–Trinajstić information content (AvgIpc) is 2.90. The molecular weight excluding hydrogens is 476 g/mol. The Kier molecular flexibility index (Phi) is 8.28. The Labute approximate surface area is 219 Å². The quantitative estimate of drug-likeness (QED) is 0.506. The number of hydrogen-bond acceptors (Lipinski definition) is 8. The molecule has 1 aliphatic carbocycles. The monoisotopic (exact) mass is 514 g/mol. The van der Waals surface area contributed by atoms with Crippen molar-refractivity contribution in [2.45, 2.75) is 69.1 Å². The number of nitrogens with zero attached hydrogens (tertiary/aromatic N) is 3. The summed E-state index contributed by atoms with van der Waals surface area (Å²) >= 11 is 6.57. The second-order valence-corrected chi connectivity index (χ2v) is 11.0. The van der Waals surface area contributed by atoms with E-state index in [0.717, 1.165) is 68.3 Å². The van der Waals surface area contributed by atoms with Crippen molar-refractivity contribution >= 4 is 23.2 Å². The molecule has 0 aromatic carbocycles. The maximum absolute atomic E-state index is 6.57. The number of aromatic nitrogens is 2. The summed E-state index contributed by atoms with van der Waals surface area (Å²) in [6, 6.07) is 9.55. The van der Waals surface area contributed by atoms with Gasteiger partial charge < -0.3 is 25.8 Å². The lowest BCUT2D eigenvalue weighted by Crippen LogP contribution is -2.51. The minimum atomic E-state index is -0.264. The molecule has 2 aromatic heterocycles. The van der Waals surface area contributed by atoms with Crippen LogP contribution >= 0.6 is 11.6 Å². The van der Waals surface area contributed by atoms with E-state index in [1.165, 1.54) is 12.8 Å². The predicted molar refractivity (Wildman–Crippen MR) is 145 cm³/mol. The third-order valence-corrected chi connectivity index (χ3v) is 8.23. The molecule has 0 radical (unpaired) electrons. The first kappa shape index (κ1) is 25.7. The molecule has 2 aromatic rings. The lowest BCUT2D eigenvalue weighted by molar-refractivity contribution is -0.0296. The number of nitrogens with two attached hydrogens (primary N) is 1. The highest BCUT2D eigenvalue weighted by Crippen LogP contribution is 2.31. The Morgan fingerprint density at radius 1 is 1.11 bits per heavy atom. The average molecular weight is 515 g/mol. The SMILES string of the molecule is C[C@@H]1COCCN1[C@H]1CC[C@H](Nc2cc(-c3cccc(NCC4(N)CCOCC4)n3)c(Cl)cn2)CC1. The number of morpholine rings is 1. The molecule has 2 saturated heterocycles. The Bertz CT molecular complexity index is 1010. The van der Waals surface area contributed by atoms with E-state index in [4.69, 9.17) is 31.8 Å². The molecule has 3 fully saturated rings. The van der Waals surface area contributed by atoms with E-state index < -0.39 is 0 Å². The van der Waals surface area contributed by atoms with Gasteiger partial charge in [0.25, 0.3) is 0 Å². The van der Waals surface area contributed by atoms with Gasteiger partial charge in [-0.1, -0.05) is 17.7 Å². The van der Waals surface area contributed by atoms with Crippen LogP contribution in [-0.4, -0.2) is 78.0 Å². The van der Waals surface area contributed by atoms with Crippen molar-refractivity contribution in [2.24, 2.45) is 5.73 Å². The van der Waals surface area contributed by atoms with Crippen LogP contribution in [0.2, 0.25) is 5.02 Å². The van der Waals surface area contributed by atoms with Crippen molar-refractivity contribution < 1.29 is 9.47 Å². The van der Waals surface area contributed by atoms with Crippen LogP contribution in [0.3, 0.4) is 0 Å². The van der Waals surface area contributed by atoms with Crippen molar-refractivity contribution in [3.8, 4) is 11.3 Å². The van der Waals surface area contributed by atoms with Gasteiger partial charge in [0.05, 0.1) is 23.9 Å². The van der Waals surface area contributed by atoms with Crippen LogP contribution in [0.1, 0.15) is 45.4 Å². The highest BCUT2D eigenvalue weighted by Gasteiger charge is 2.31. The maximum atomic E-state index is 6.57. The molecular formula is C27H39ClN6O2. The zero-order valence-electron chi connectivity index (χ0n) is 21.2. The van der Waals surface area contributed by atoms with Crippen LogP contribution in [0.25, 0.3) is 11.3 Å². The van der Waals surface area contributed by atoms with Gasteiger partial charge in [-0.05, 0) is 63.6 Å². The lowest BCUT2D eigenvalue weighted by atomic mass is 9.89. The first-order valence-corrected chi connectivity index (χ1v) is 13.7. The second-order valence-electron chi connectivity index (χ2n) is 10.6. The number of halogens is 1. The van der Waals surface area contributed by atoms with Crippen LogP contribution in [0.5, 0.6) is 0 Å². The van der Waals surface area contributed by atoms with Crippen LogP contribution in [0.4, 0.5) is 11.6 Å². The molecule has 3 aliphatic rings. The van der Waals surface area contributed by atoms with Crippen LogP contribution < -0.4 is 16.4 Å². The number of pyridine rings is 2. The van der Waals surface area contributed by atoms with Gasteiger partial charge in [0.2, 0.25) is 0 Å². The van der Waals surface area contributed by atoms with Crippen molar-refractivity contribution in [3.05, 3.63) is 35.5 Å². The summed E-state index contributed by atoms with van der Waals surface area (Å²) in [5, 5.41) is 7.67. The van der Waals surface area contributed by atoms with Crippen molar-refractivity contribution in [3.63, 3.8) is 0 Å². The zero-order chi connectivity index (χ0) is 25.0. The molecule has 1 atom stereocenters. The molecule has 1 saturated carbocycles. The highest BCUT2D eigenvalue weighted by molar-refractivity contribution is 6.33. The Hall–Kier alpha value is -1.97. The zero-order valence-corrected chi connectivity index (χ0v) is 22.0.